The topological polar surface area (TPSA) is 114 Å². The number of aromatic nitrogens is 6. The third-order valence-corrected chi connectivity index (χ3v) is 4.45. The minimum atomic E-state index is -0.370. The Balaban J connectivity index is 1.72. The largest absolute Gasteiger partial charge is 0.469 e. The van der Waals surface area contributed by atoms with Crippen molar-refractivity contribution in [1.82, 2.24) is 29.5 Å². The summed E-state index contributed by atoms with van der Waals surface area (Å²) in [7, 11) is 1.32. The van der Waals surface area contributed by atoms with Gasteiger partial charge in [-0.25, -0.2) is 18.7 Å². The molecule has 0 aliphatic rings. The van der Waals surface area contributed by atoms with E-state index in [-0.39, 0.29) is 37.2 Å². The van der Waals surface area contributed by atoms with Crippen LogP contribution >= 0.6 is 0 Å². The fourth-order valence-corrected chi connectivity index (χ4v) is 2.99. The zero-order chi connectivity index (χ0) is 20.4. The van der Waals surface area contributed by atoms with Crippen molar-refractivity contribution in [3.63, 3.8) is 0 Å². The number of methoxy groups -OCH3 is 1. The summed E-state index contributed by atoms with van der Waals surface area (Å²) >= 11 is 0. The number of carbonyl (C=O) groups is 1. The smallest absolute Gasteiger partial charge is 0.307 e. The van der Waals surface area contributed by atoms with Crippen molar-refractivity contribution in [2.24, 2.45) is 0 Å². The Morgan fingerprint density at radius 2 is 2.00 bits per heavy atom. The molecule has 0 radical (unpaired) electrons. The summed E-state index contributed by atoms with van der Waals surface area (Å²) < 4.78 is 21.8. The van der Waals surface area contributed by atoms with Crippen molar-refractivity contribution >= 4 is 23.0 Å². The lowest BCUT2D eigenvalue weighted by molar-refractivity contribution is -0.140. The molecular weight excluding hydrogens is 377 g/mol. The molecule has 2 N–H and O–H groups in total. The van der Waals surface area contributed by atoms with E-state index in [2.05, 4.69) is 24.9 Å². The van der Waals surface area contributed by atoms with Gasteiger partial charge in [0, 0.05) is 11.8 Å². The molecule has 0 bridgehead atoms. The number of carbonyl (C=O) groups excluding carboxylic acids is 1. The third kappa shape index (κ3) is 3.64. The Morgan fingerprint density at radius 3 is 2.79 bits per heavy atom. The predicted octanol–water partition coefficient (Wildman–Crippen LogP) is 2.02. The minimum absolute atomic E-state index is 0.119. The zero-order valence-electron chi connectivity index (χ0n) is 15.6. The summed E-state index contributed by atoms with van der Waals surface area (Å²) in [5.74, 6) is -0.226. The van der Waals surface area contributed by atoms with E-state index in [4.69, 9.17) is 5.73 Å². The standard InChI is InChI=1S/C19H18FN7O2/c1-29-15(28)8-10-26-19(21)23-17(25-26)16-13-6-4-9-22-18(13)27(24-16)11-12-5-2-3-7-14(12)20/h2-7,9H,8,10-11H2,1H3,(H2,21,23,25). The lowest BCUT2D eigenvalue weighted by atomic mass is 10.2. The van der Waals surface area contributed by atoms with E-state index in [9.17, 15) is 9.18 Å². The molecule has 0 saturated carbocycles. The van der Waals surface area contributed by atoms with E-state index in [1.54, 1.807) is 35.1 Å². The fraction of sp³-hybridized carbons (Fsp3) is 0.211. The molecule has 0 saturated heterocycles. The van der Waals surface area contributed by atoms with Crippen LogP contribution < -0.4 is 5.73 Å². The van der Waals surface area contributed by atoms with E-state index in [1.807, 2.05) is 6.07 Å². The molecule has 1 aromatic carbocycles. The number of nitrogens with two attached hydrogens (primary N) is 1. The molecule has 10 heteroatoms. The Morgan fingerprint density at radius 1 is 1.17 bits per heavy atom. The van der Waals surface area contributed by atoms with Gasteiger partial charge in [0.2, 0.25) is 11.8 Å². The summed E-state index contributed by atoms with van der Waals surface area (Å²) in [5.41, 5.74) is 7.49. The van der Waals surface area contributed by atoms with Gasteiger partial charge < -0.3 is 10.5 Å². The van der Waals surface area contributed by atoms with Crippen LogP contribution in [-0.2, 0) is 22.6 Å². The number of halogens is 1. The van der Waals surface area contributed by atoms with Gasteiger partial charge in [0.15, 0.2) is 5.65 Å². The van der Waals surface area contributed by atoms with Crippen LogP contribution in [0.15, 0.2) is 42.6 Å². The molecule has 3 heterocycles. The molecule has 3 aromatic heterocycles. The molecule has 29 heavy (non-hydrogen) atoms. The lowest BCUT2D eigenvalue weighted by Crippen LogP contribution is -2.10. The Labute approximate surface area is 164 Å². The van der Waals surface area contributed by atoms with Gasteiger partial charge in [-0.15, -0.1) is 5.10 Å². The number of pyridine rings is 1. The van der Waals surface area contributed by atoms with Gasteiger partial charge in [0.25, 0.3) is 0 Å². The second-order valence-corrected chi connectivity index (χ2v) is 6.32. The molecule has 148 valence electrons. The first-order valence-corrected chi connectivity index (χ1v) is 8.89. The van der Waals surface area contributed by atoms with Crippen molar-refractivity contribution in [2.75, 3.05) is 12.8 Å². The highest BCUT2D eigenvalue weighted by atomic mass is 19.1. The minimum Gasteiger partial charge on any atom is -0.469 e. The molecule has 0 spiro atoms. The number of hydrogen-bond acceptors (Lipinski definition) is 7. The fourth-order valence-electron chi connectivity index (χ4n) is 2.99. The first kappa shape index (κ1) is 18.5. The van der Waals surface area contributed by atoms with E-state index < -0.39 is 0 Å². The number of hydrogen-bond donors (Lipinski definition) is 1. The van der Waals surface area contributed by atoms with Gasteiger partial charge in [0.05, 0.1) is 32.0 Å². The van der Waals surface area contributed by atoms with Crippen molar-refractivity contribution in [2.45, 2.75) is 19.5 Å². The SMILES string of the molecule is COC(=O)CCn1nc(-c2nn(Cc3ccccc3F)c3ncccc23)nc1N. The molecule has 0 unspecified atom stereocenters. The average molecular weight is 395 g/mol. The first-order valence-electron chi connectivity index (χ1n) is 8.89. The Hall–Kier alpha value is -3.82. The summed E-state index contributed by atoms with van der Waals surface area (Å²) in [5, 5.41) is 9.65. The number of benzene rings is 1. The van der Waals surface area contributed by atoms with E-state index in [1.165, 1.54) is 17.9 Å². The van der Waals surface area contributed by atoms with Crippen molar-refractivity contribution in [3.8, 4) is 11.5 Å². The van der Waals surface area contributed by atoms with Crippen LogP contribution in [0, 0.1) is 5.82 Å². The van der Waals surface area contributed by atoms with Crippen LogP contribution in [0.4, 0.5) is 10.3 Å². The molecule has 4 rings (SSSR count). The van der Waals surface area contributed by atoms with Crippen molar-refractivity contribution in [1.29, 1.82) is 0 Å². The molecule has 0 fully saturated rings. The van der Waals surface area contributed by atoms with Gasteiger partial charge in [-0.1, -0.05) is 18.2 Å². The number of nitrogen functional groups attached to an aromatic ring is 1. The summed E-state index contributed by atoms with van der Waals surface area (Å²) in [6, 6.07) is 10.1. The Bertz CT molecular complexity index is 1180. The van der Waals surface area contributed by atoms with Gasteiger partial charge in [-0.3, -0.25) is 4.79 Å². The summed E-state index contributed by atoms with van der Waals surface area (Å²) in [6.07, 6.45) is 1.76. The zero-order valence-corrected chi connectivity index (χ0v) is 15.6. The molecule has 0 aliphatic carbocycles. The predicted molar refractivity (Wildman–Crippen MR) is 103 cm³/mol. The van der Waals surface area contributed by atoms with Crippen molar-refractivity contribution in [3.05, 3.63) is 54.0 Å². The maximum absolute atomic E-state index is 14.1. The maximum atomic E-state index is 14.1. The normalized spacial score (nSPS) is 11.1. The number of nitrogens with zero attached hydrogens (tertiary/aromatic N) is 6. The highest BCUT2D eigenvalue weighted by Gasteiger charge is 2.19. The highest BCUT2D eigenvalue weighted by molar-refractivity contribution is 5.89. The molecule has 0 amide bonds. The second kappa shape index (κ2) is 7.66. The van der Waals surface area contributed by atoms with Crippen LogP contribution in [0.1, 0.15) is 12.0 Å². The molecule has 0 atom stereocenters. The van der Waals surface area contributed by atoms with Crippen LogP contribution in [-0.4, -0.2) is 42.6 Å². The summed E-state index contributed by atoms with van der Waals surface area (Å²) in [4.78, 5) is 20.0. The number of ether oxygens (including phenoxy) is 1. The number of anilines is 1. The monoisotopic (exact) mass is 395 g/mol. The Kier molecular flexibility index (Phi) is 4.90. The second-order valence-electron chi connectivity index (χ2n) is 6.32. The van der Waals surface area contributed by atoms with Gasteiger partial charge in [-0.05, 0) is 18.2 Å². The first-order chi connectivity index (χ1) is 14.1. The quantitative estimate of drug-likeness (QED) is 0.497. The van der Waals surface area contributed by atoms with Gasteiger partial charge >= 0.3 is 5.97 Å². The molecule has 9 nitrogen and oxygen atoms in total. The van der Waals surface area contributed by atoms with E-state index >= 15 is 0 Å². The number of aryl methyl sites for hydroxylation is 1. The van der Waals surface area contributed by atoms with Crippen LogP contribution in [0.2, 0.25) is 0 Å². The number of esters is 1. The van der Waals surface area contributed by atoms with E-state index in [0.717, 1.165) is 0 Å². The molecular formula is C19H18FN7O2. The highest BCUT2D eigenvalue weighted by Crippen LogP contribution is 2.26. The number of rotatable bonds is 6. The molecule has 0 aliphatic heterocycles. The van der Waals surface area contributed by atoms with Gasteiger partial charge in [-0.2, -0.15) is 10.1 Å². The van der Waals surface area contributed by atoms with Crippen LogP contribution in [0.3, 0.4) is 0 Å². The molecule has 4 aromatic rings. The van der Waals surface area contributed by atoms with Gasteiger partial charge in [0.1, 0.15) is 11.5 Å². The summed E-state index contributed by atoms with van der Waals surface area (Å²) in [6.45, 7) is 0.441. The maximum Gasteiger partial charge on any atom is 0.307 e. The van der Waals surface area contributed by atoms with Crippen molar-refractivity contribution < 1.29 is 13.9 Å². The van der Waals surface area contributed by atoms with Crippen LogP contribution in [0.5, 0.6) is 0 Å². The van der Waals surface area contributed by atoms with E-state index in [0.29, 0.717) is 28.1 Å². The average Bonchev–Trinajstić information content (AvgIpc) is 3.28. The van der Waals surface area contributed by atoms with Crippen LogP contribution in [0.25, 0.3) is 22.6 Å². The third-order valence-electron chi connectivity index (χ3n) is 4.45. The lowest BCUT2D eigenvalue weighted by Gasteiger charge is -2.04. The number of fused-ring (bicyclic) bond motifs is 1.